The molecule has 0 saturated carbocycles. The first kappa shape index (κ1) is 17.9. The van der Waals surface area contributed by atoms with Crippen molar-refractivity contribution in [2.75, 3.05) is 0 Å². The summed E-state index contributed by atoms with van der Waals surface area (Å²) < 4.78 is 12.3. The van der Waals surface area contributed by atoms with Gasteiger partial charge in [-0.15, -0.1) is 0 Å². The van der Waals surface area contributed by atoms with Crippen LogP contribution in [0.5, 0.6) is 0 Å². The number of ether oxygens (including phenoxy) is 2. The second-order valence-electron chi connectivity index (χ2n) is 5.67. The van der Waals surface area contributed by atoms with Crippen LogP contribution in [0.15, 0.2) is 15.8 Å². The van der Waals surface area contributed by atoms with E-state index in [4.69, 9.17) is 14.6 Å². The minimum atomic E-state index is -1.07. The van der Waals surface area contributed by atoms with Crippen molar-refractivity contribution in [2.24, 2.45) is 0 Å². The molecule has 9 heteroatoms. The van der Waals surface area contributed by atoms with E-state index in [-0.39, 0.29) is 19.3 Å². The fraction of sp³-hybridized carbons (Fsp3) is 0.600. The van der Waals surface area contributed by atoms with Crippen LogP contribution in [0.4, 0.5) is 0 Å². The molecule has 3 atom stereocenters. The van der Waals surface area contributed by atoms with Crippen molar-refractivity contribution in [1.82, 2.24) is 9.55 Å². The first-order valence-electron chi connectivity index (χ1n) is 7.70. The zero-order valence-corrected chi connectivity index (χ0v) is 13.5. The Morgan fingerprint density at radius 1 is 1.42 bits per heavy atom. The number of carboxylic acid groups (broad SMARTS) is 1. The lowest BCUT2D eigenvalue weighted by molar-refractivity contribution is -0.154. The van der Waals surface area contributed by atoms with Crippen LogP contribution >= 0.6 is 0 Å². The van der Waals surface area contributed by atoms with Gasteiger partial charge in [-0.05, 0) is 13.3 Å². The molecule has 1 aromatic rings. The van der Waals surface area contributed by atoms with Crippen LogP contribution in [0.3, 0.4) is 0 Å². The first-order chi connectivity index (χ1) is 11.3. The standard InChI is InChI=1S/C15H20N2O7/c1-3-9-10(24-13(20)5-4-12(18)19)6-11(23-9)17-7-8(2)14(21)16-15(17)22/h7,9-11H,3-6H2,1-2H3,(H,18,19)(H,16,21,22). The second-order valence-corrected chi connectivity index (χ2v) is 5.67. The summed E-state index contributed by atoms with van der Waals surface area (Å²) in [7, 11) is 0. The van der Waals surface area contributed by atoms with Gasteiger partial charge in [0.1, 0.15) is 12.3 Å². The van der Waals surface area contributed by atoms with E-state index in [1.807, 2.05) is 6.92 Å². The number of hydrogen-bond donors (Lipinski definition) is 2. The Hall–Kier alpha value is -2.42. The Morgan fingerprint density at radius 3 is 2.75 bits per heavy atom. The number of hydrogen-bond acceptors (Lipinski definition) is 6. The summed E-state index contributed by atoms with van der Waals surface area (Å²) in [6, 6.07) is 0. The Labute approximate surface area is 137 Å². The normalized spacial score (nSPS) is 23.2. The van der Waals surface area contributed by atoms with Gasteiger partial charge >= 0.3 is 17.6 Å². The lowest BCUT2D eigenvalue weighted by atomic mass is 10.1. The van der Waals surface area contributed by atoms with Crippen molar-refractivity contribution >= 4 is 11.9 Å². The van der Waals surface area contributed by atoms with Gasteiger partial charge in [0.05, 0.1) is 18.9 Å². The Kier molecular flexibility index (Phi) is 5.55. The number of rotatable bonds is 6. The van der Waals surface area contributed by atoms with Crippen LogP contribution in [0.2, 0.25) is 0 Å². The van der Waals surface area contributed by atoms with E-state index < -0.39 is 41.6 Å². The summed E-state index contributed by atoms with van der Waals surface area (Å²) in [5.74, 6) is -1.69. The number of esters is 1. The lowest BCUT2D eigenvalue weighted by Gasteiger charge is -2.17. The van der Waals surface area contributed by atoms with E-state index in [0.29, 0.717) is 12.0 Å². The molecule has 1 aromatic heterocycles. The van der Waals surface area contributed by atoms with Gasteiger partial charge in [0.15, 0.2) is 0 Å². The molecule has 1 saturated heterocycles. The van der Waals surface area contributed by atoms with Crippen molar-refractivity contribution in [3.05, 3.63) is 32.6 Å². The van der Waals surface area contributed by atoms with Crippen LogP contribution in [-0.4, -0.2) is 38.8 Å². The minimum absolute atomic E-state index is 0.218. The van der Waals surface area contributed by atoms with Crippen LogP contribution < -0.4 is 11.2 Å². The molecule has 0 aromatic carbocycles. The highest BCUT2D eigenvalue weighted by Crippen LogP contribution is 2.31. The molecule has 132 valence electrons. The predicted octanol–water partition coefficient (Wildman–Crippen LogP) is 0.319. The van der Waals surface area contributed by atoms with Gasteiger partial charge in [0.25, 0.3) is 5.56 Å². The summed E-state index contributed by atoms with van der Waals surface area (Å²) in [4.78, 5) is 47.8. The Bertz CT molecular complexity index is 736. The van der Waals surface area contributed by atoms with Crippen molar-refractivity contribution < 1.29 is 24.2 Å². The van der Waals surface area contributed by atoms with Crippen molar-refractivity contribution in [3.8, 4) is 0 Å². The predicted molar refractivity (Wildman–Crippen MR) is 81.6 cm³/mol. The number of aliphatic carboxylic acids is 1. The third-order valence-electron chi connectivity index (χ3n) is 3.86. The number of carbonyl (C=O) groups is 2. The maximum atomic E-state index is 11.9. The number of aryl methyl sites for hydroxylation is 1. The fourth-order valence-electron chi connectivity index (χ4n) is 2.59. The molecule has 0 bridgehead atoms. The van der Waals surface area contributed by atoms with Crippen molar-refractivity contribution in [1.29, 1.82) is 0 Å². The minimum Gasteiger partial charge on any atom is -0.481 e. The number of carbonyl (C=O) groups excluding carboxylic acids is 1. The van der Waals surface area contributed by atoms with Gasteiger partial charge in [0.2, 0.25) is 0 Å². The average Bonchev–Trinajstić information content (AvgIpc) is 2.91. The van der Waals surface area contributed by atoms with E-state index in [9.17, 15) is 19.2 Å². The zero-order chi connectivity index (χ0) is 17.9. The third-order valence-corrected chi connectivity index (χ3v) is 3.86. The van der Waals surface area contributed by atoms with Gasteiger partial charge in [0, 0.05) is 18.2 Å². The fourth-order valence-corrected chi connectivity index (χ4v) is 2.59. The highest BCUT2D eigenvalue weighted by molar-refractivity contribution is 5.76. The van der Waals surface area contributed by atoms with E-state index in [0.717, 1.165) is 0 Å². The van der Waals surface area contributed by atoms with Crippen molar-refractivity contribution in [2.45, 2.75) is 58.0 Å². The molecule has 0 amide bonds. The molecule has 1 aliphatic heterocycles. The molecule has 3 unspecified atom stereocenters. The molecule has 2 heterocycles. The summed E-state index contributed by atoms with van der Waals surface area (Å²) in [5, 5.41) is 8.59. The van der Waals surface area contributed by atoms with Gasteiger partial charge in [-0.2, -0.15) is 0 Å². The molecule has 2 rings (SSSR count). The quantitative estimate of drug-likeness (QED) is 0.714. The van der Waals surface area contributed by atoms with E-state index >= 15 is 0 Å². The number of nitrogens with zero attached hydrogens (tertiary/aromatic N) is 1. The number of carboxylic acids is 1. The number of nitrogens with one attached hydrogen (secondary N) is 1. The molecule has 0 spiro atoms. The number of H-pyrrole nitrogens is 1. The molecule has 9 nitrogen and oxygen atoms in total. The largest absolute Gasteiger partial charge is 0.481 e. The number of aromatic amines is 1. The Balaban J connectivity index is 2.10. The SMILES string of the molecule is CCC1OC(n2cc(C)c(=O)[nH]c2=O)CC1OC(=O)CCC(=O)O. The van der Waals surface area contributed by atoms with E-state index in [1.54, 1.807) is 6.92 Å². The number of aromatic nitrogens is 2. The molecule has 0 aliphatic carbocycles. The molecule has 0 radical (unpaired) electrons. The zero-order valence-electron chi connectivity index (χ0n) is 13.5. The Morgan fingerprint density at radius 2 is 2.12 bits per heavy atom. The van der Waals surface area contributed by atoms with Crippen LogP contribution in [0.1, 0.15) is 44.4 Å². The maximum absolute atomic E-state index is 11.9. The van der Waals surface area contributed by atoms with E-state index in [1.165, 1.54) is 10.8 Å². The highest BCUT2D eigenvalue weighted by Gasteiger charge is 2.38. The van der Waals surface area contributed by atoms with Gasteiger partial charge < -0.3 is 14.6 Å². The van der Waals surface area contributed by atoms with Crippen LogP contribution in [0, 0.1) is 6.92 Å². The lowest BCUT2D eigenvalue weighted by Crippen LogP contribution is -2.33. The van der Waals surface area contributed by atoms with Crippen molar-refractivity contribution in [3.63, 3.8) is 0 Å². The summed E-state index contributed by atoms with van der Waals surface area (Å²) in [5.41, 5.74) is -0.686. The summed E-state index contributed by atoms with van der Waals surface area (Å²) in [6.45, 7) is 3.43. The monoisotopic (exact) mass is 340 g/mol. The van der Waals surface area contributed by atoms with E-state index in [2.05, 4.69) is 4.98 Å². The van der Waals surface area contributed by atoms with Crippen LogP contribution in [0.25, 0.3) is 0 Å². The first-order valence-corrected chi connectivity index (χ1v) is 7.70. The van der Waals surface area contributed by atoms with Gasteiger partial charge in [-0.1, -0.05) is 6.92 Å². The topological polar surface area (TPSA) is 128 Å². The van der Waals surface area contributed by atoms with Gasteiger partial charge in [-0.3, -0.25) is 23.9 Å². The molecule has 24 heavy (non-hydrogen) atoms. The molecule has 1 aliphatic rings. The van der Waals surface area contributed by atoms with Crippen LogP contribution in [-0.2, 0) is 19.1 Å². The third kappa shape index (κ3) is 4.10. The molecule has 1 fully saturated rings. The average molecular weight is 340 g/mol. The molecular formula is C15H20N2O7. The van der Waals surface area contributed by atoms with Gasteiger partial charge in [-0.25, -0.2) is 4.79 Å². The maximum Gasteiger partial charge on any atom is 0.330 e. The summed E-state index contributed by atoms with van der Waals surface area (Å²) >= 11 is 0. The molecule has 2 N–H and O–H groups in total. The second kappa shape index (κ2) is 7.43. The molecular weight excluding hydrogens is 320 g/mol. The smallest absolute Gasteiger partial charge is 0.330 e. The highest BCUT2D eigenvalue weighted by atomic mass is 16.6. The summed E-state index contributed by atoms with van der Waals surface area (Å²) in [6.07, 6.45) is 0.0783.